The van der Waals surface area contributed by atoms with Gasteiger partial charge in [-0.05, 0) is 29.8 Å². The van der Waals surface area contributed by atoms with E-state index < -0.39 is 17.9 Å². The number of carbonyl (C=O) groups excluding carboxylic acids is 2. The quantitative estimate of drug-likeness (QED) is 0.321. The molecule has 1 atom stereocenters. The Morgan fingerprint density at radius 3 is 2.61 bits per heavy atom. The molecule has 0 radical (unpaired) electrons. The average molecular weight is 440 g/mol. The van der Waals surface area contributed by atoms with Gasteiger partial charge in [-0.15, -0.1) is 0 Å². The number of para-hydroxylation sites is 1. The molecule has 5 aromatic rings. The van der Waals surface area contributed by atoms with Crippen LogP contribution in [0.4, 0.5) is 5.95 Å². The number of nitrogens with two attached hydrogens (primary N) is 1. The molecule has 0 aliphatic carbocycles. The van der Waals surface area contributed by atoms with E-state index in [1.54, 1.807) is 28.8 Å². The van der Waals surface area contributed by atoms with Gasteiger partial charge in [0.05, 0.1) is 29.2 Å². The van der Waals surface area contributed by atoms with Gasteiger partial charge in [-0.3, -0.25) is 20.0 Å². The Morgan fingerprint density at radius 2 is 1.82 bits per heavy atom. The number of hydrogen-bond donors (Lipinski definition) is 4. The molecule has 0 aliphatic heterocycles. The van der Waals surface area contributed by atoms with Crippen molar-refractivity contribution in [1.29, 1.82) is 0 Å². The van der Waals surface area contributed by atoms with Crippen LogP contribution in [0.15, 0.2) is 72.8 Å². The highest BCUT2D eigenvalue weighted by molar-refractivity contribution is 6.11. The number of imidazole rings is 1. The number of amides is 2. The molecule has 0 unspecified atom stereocenters. The molecule has 2 heterocycles. The standard InChI is InChI=1S/C24H20N6O3/c25-22(32)15-10-11-19-18(12-15)26-24(30(19)13-20(31)14-6-2-1-3-7-14)27-23(33)21-16-8-4-5-9-17(16)28-29-21/h1-12,20,31H,13H2,(H2,25,32)(H,28,29)(H,26,27,33)/t20-/m1/s1. The molecule has 3 aromatic carbocycles. The number of anilines is 1. The summed E-state index contributed by atoms with van der Waals surface area (Å²) in [5.74, 6) is -0.809. The maximum absolute atomic E-state index is 13.1. The number of aromatic nitrogens is 4. The Labute approximate surface area is 187 Å². The lowest BCUT2D eigenvalue weighted by Crippen LogP contribution is -2.18. The number of primary amides is 1. The van der Waals surface area contributed by atoms with Crippen LogP contribution in [-0.4, -0.2) is 36.7 Å². The maximum Gasteiger partial charge on any atom is 0.279 e. The maximum atomic E-state index is 13.1. The first-order valence-corrected chi connectivity index (χ1v) is 10.3. The highest BCUT2D eigenvalue weighted by Gasteiger charge is 2.21. The van der Waals surface area contributed by atoms with Crippen molar-refractivity contribution in [2.24, 2.45) is 5.73 Å². The van der Waals surface area contributed by atoms with Gasteiger partial charge < -0.3 is 15.4 Å². The van der Waals surface area contributed by atoms with Crippen LogP contribution < -0.4 is 11.1 Å². The lowest BCUT2D eigenvalue weighted by Gasteiger charge is -2.15. The Morgan fingerprint density at radius 1 is 1.06 bits per heavy atom. The summed E-state index contributed by atoms with van der Waals surface area (Å²) >= 11 is 0. The van der Waals surface area contributed by atoms with Crippen LogP contribution in [0.1, 0.15) is 32.5 Å². The number of rotatable bonds is 6. The molecule has 9 nitrogen and oxygen atoms in total. The number of nitrogens with one attached hydrogen (secondary N) is 2. The van der Waals surface area contributed by atoms with Gasteiger partial charge in [-0.25, -0.2) is 4.98 Å². The molecule has 2 aromatic heterocycles. The first kappa shape index (κ1) is 20.4. The van der Waals surface area contributed by atoms with E-state index in [0.717, 1.165) is 11.1 Å². The van der Waals surface area contributed by atoms with E-state index >= 15 is 0 Å². The summed E-state index contributed by atoms with van der Waals surface area (Å²) in [6.45, 7) is 0.132. The number of aliphatic hydroxyl groups is 1. The zero-order valence-corrected chi connectivity index (χ0v) is 17.4. The third-order valence-corrected chi connectivity index (χ3v) is 5.48. The fourth-order valence-electron chi connectivity index (χ4n) is 3.81. The van der Waals surface area contributed by atoms with E-state index in [4.69, 9.17) is 5.73 Å². The summed E-state index contributed by atoms with van der Waals surface area (Å²) in [6.07, 6.45) is -0.846. The first-order chi connectivity index (χ1) is 16.0. The van der Waals surface area contributed by atoms with Gasteiger partial charge in [0, 0.05) is 10.9 Å². The third-order valence-electron chi connectivity index (χ3n) is 5.48. The second kappa shape index (κ2) is 8.21. The van der Waals surface area contributed by atoms with Gasteiger partial charge in [0.2, 0.25) is 11.9 Å². The molecule has 0 saturated carbocycles. The predicted molar refractivity (Wildman–Crippen MR) is 124 cm³/mol. The molecule has 0 aliphatic rings. The minimum Gasteiger partial charge on any atom is -0.387 e. The normalized spacial score (nSPS) is 12.2. The highest BCUT2D eigenvalue weighted by atomic mass is 16.3. The number of nitrogens with zero attached hydrogens (tertiary/aromatic N) is 3. The van der Waals surface area contributed by atoms with E-state index in [-0.39, 0.29) is 18.2 Å². The van der Waals surface area contributed by atoms with Gasteiger partial charge >= 0.3 is 0 Å². The summed E-state index contributed by atoms with van der Waals surface area (Å²) < 4.78 is 1.70. The van der Waals surface area contributed by atoms with E-state index in [1.807, 2.05) is 48.5 Å². The van der Waals surface area contributed by atoms with Crippen LogP contribution in [0.5, 0.6) is 0 Å². The smallest absolute Gasteiger partial charge is 0.279 e. The van der Waals surface area contributed by atoms with Crippen molar-refractivity contribution in [2.45, 2.75) is 12.6 Å². The summed E-state index contributed by atoms with van der Waals surface area (Å²) in [7, 11) is 0. The second-order valence-corrected chi connectivity index (χ2v) is 7.61. The van der Waals surface area contributed by atoms with Crippen molar-refractivity contribution in [3.63, 3.8) is 0 Å². The van der Waals surface area contributed by atoms with Crippen LogP contribution in [0.25, 0.3) is 21.9 Å². The van der Waals surface area contributed by atoms with Crippen molar-refractivity contribution in [3.05, 3.63) is 89.6 Å². The van der Waals surface area contributed by atoms with Crippen molar-refractivity contribution >= 4 is 39.7 Å². The molecule has 0 spiro atoms. The zero-order chi connectivity index (χ0) is 22.9. The summed E-state index contributed by atoms with van der Waals surface area (Å²) in [6, 6.07) is 21.3. The van der Waals surface area contributed by atoms with Crippen LogP contribution in [0.2, 0.25) is 0 Å². The molecular weight excluding hydrogens is 420 g/mol. The summed E-state index contributed by atoms with van der Waals surface area (Å²) in [5, 5.41) is 21.3. The predicted octanol–water partition coefficient (Wildman–Crippen LogP) is 3.00. The molecule has 2 amide bonds. The van der Waals surface area contributed by atoms with Gasteiger partial charge in [-0.2, -0.15) is 5.10 Å². The van der Waals surface area contributed by atoms with E-state index in [9.17, 15) is 14.7 Å². The van der Waals surface area contributed by atoms with Crippen LogP contribution in [0, 0.1) is 0 Å². The van der Waals surface area contributed by atoms with Crippen molar-refractivity contribution in [3.8, 4) is 0 Å². The first-order valence-electron chi connectivity index (χ1n) is 10.3. The molecule has 5 N–H and O–H groups in total. The minimum absolute atomic E-state index is 0.132. The topological polar surface area (TPSA) is 139 Å². The number of carbonyl (C=O) groups is 2. The number of aliphatic hydroxyl groups excluding tert-OH is 1. The monoisotopic (exact) mass is 440 g/mol. The largest absolute Gasteiger partial charge is 0.387 e. The highest BCUT2D eigenvalue weighted by Crippen LogP contribution is 2.26. The van der Waals surface area contributed by atoms with Crippen LogP contribution in [0.3, 0.4) is 0 Å². The Hall–Kier alpha value is -4.50. The van der Waals surface area contributed by atoms with Crippen molar-refractivity contribution in [1.82, 2.24) is 19.7 Å². The van der Waals surface area contributed by atoms with Crippen molar-refractivity contribution < 1.29 is 14.7 Å². The van der Waals surface area contributed by atoms with E-state index in [1.165, 1.54) is 0 Å². The van der Waals surface area contributed by atoms with Gasteiger partial charge in [0.25, 0.3) is 5.91 Å². The second-order valence-electron chi connectivity index (χ2n) is 7.61. The van der Waals surface area contributed by atoms with Gasteiger partial charge in [0.1, 0.15) is 0 Å². The number of fused-ring (bicyclic) bond motifs is 2. The molecule has 164 valence electrons. The molecule has 0 fully saturated rings. The number of benzene rings is 3. The summed E-state index contributed by atoms with van der Waals surface area (Å²) in [5.41, 5.74) is 8.50. The third kappa shape index (κ3) is 3.81. The zero-order valence-electron chi connectivity index (χ0n) is 17.4. The van der Waals surface area contributed by atoms with E-state index in [2.05, 4.69) is 20.5 Å². The minimum atomic E-state index is -0.846. The fraction of sp³-hybridized carbons (Fsp3) is 0.0833. The SMILES string of the molecule is NC(=O)c1ccc2c(c1)nc(NC(=O)c1n[nH]c3ccccc13)n2C[C@@H](O)c1ccccc1. The van der Waals surface area contributed by atoms with Crippen LogP contribution >= 0.6 is 0 Å². The molecule has 0 bridgehead atoms. The Bertz CT molecular complexity index is 1490. The molecule has 5 rings (SSSR count). The van der Waals surface area contributed by atoms with Gasteiger partial charge in [0.15, 0.2) is 5.69 Å². The van der Waals surface area contributed by atoms with Gasteiger partial charge in [-0.1, -0.05) is 48.5 Å². The Kier molecular flexibility index (Phi) is 5.08. The number of aromatic amines is 1. The molecule has 9 heteroatoms. The lowest BCUT2D eigenvalue weighted by atomic mass is 10.1. The number of hydrogen-bond acceptors (Lipinski definition) is 5. The fourth-order valence-corrected chi connectivity index (χ4v) is 3.81. The molecule has 33 heavy (non-hydrogen) atoms. The molecule has 0 saturated heterocycles. The molecular formula is C24H20N6O3. The Balaban J connectivity index is 1.55. The average Bonchev–Trinajstić information content (AvgIpc) is 3.41. The van der Waals surface area contributed by atoms with Crippen molar-refractivity contribution in [2.75, 3.05) is 5.32 Å². The summed E-state index contributed by atoms with van der Waals surface area (Å²) in [4.78, 5) is 29.2. The van der Waals surface area contributed by atoms with E-state index in [0.29, 0.717) is 22.0 Å². The lowest BCUT2D eigenvalue weighted by molar-refractivity contribution is 0.0997. The number of H-pyrrole nitrogens is 1. The van der Waals surface area contributed by atoms with Crippen LogP contribution in [-0.2, 0) is 6.54 Å².